The second kappa shape index (κ2) is 10.8. The van der Waals surface area contributed by atoms with Crippen LogP contribution in [0, 0.1) is 0 Å². The number of aryl methyl sites for hydroxylation is 1. The minimum Gasteiger partial charge on any atom is -0.495 e. The maximum Gasteiger partial charge on any atom is 0.260 e. The van der Waals surface area contributed by atoms with Gasteiger partial charge in [-0.1, -0.05) is 29.8 Å². The van der Waals surface area contributed by atoms with E-state index < -0.39 is 0 Å². The first-order valence-corrected chi connectivity index (χ1v) is 12.3. The van der Waals surface area contributed by atoms with E-state index in [0.29, 0.717) is 40.6 Å². The number of halogens is 2. The van der Waals surface area contributed by atoms with Crippen LogP contribution in [0.3, 0.4) is 0 Å². The van der Waals surface area contributed by atoms with Gasteiger partial charge in [-0.05, 0) is 38.3 Å². The zero-order valence-electron chi connectivity index (χ0n) is 20.2. The first-order chi connectivity index (χ1) is 17.3. The van der Waals surface area contributed by atoms with Crippen LogP contribution in [0.5, 0.6) is 11.5 Å². The molecule has 1 aromatic carbocycles. The number of rotatable bonds is 8. The highest BCUT2D eigenvalue weighted by Crippen LogP contribution is 2.45. The van der Waals surface area contributed by atoms with Gasteiger partial charge in [-0.3, -0.25) is 14.2 Å². The van der Waals surface area contributed by atoms with Gasteiger partial charge in [0.15, 0.2) is 0 Å². The molecule has 1 fully saturated rings. The Balaban J connectivity index is 1.79. The quantitative estimate of drug-likeness (QED) is 0.413. The molecule has 4 rings (SSSR count). The Labute approximate surface area is 218 Å². The minimum atomic E-state index is -0.314. The maximum absolute atomic E-state index is 13.6. The molecule has 0 saturated heterocycles. The van der Waals surface area contributed by atoms with Crippen molar-refractivity contribution in [1.29, 1.82) is 0 Å². The average Bonchev–Trinajstić information content (AvgIpc) is 3.30. The molecule has 0 aliphatic heterocycles. The van der Waals surface area contributed by atoms with E-state index in [4.69, 9.17) is 32.7 Å². The third kappa shape index (κ3) is 4.73. The number of benzene rings is 1. The number of methoxy groups -OCH3 is 2. The second-order valence-corrected chi connectivity index (χ2v) is 9.12. The summed E-state index contributed by atoms with van der Waals surface area (Å²) in [6.45, 7) is 5.72. The fourth-order valence-corrected chi connectivity index (χ4v) is 5.24. The SMILES string of the molecule is C=CC(=O)N[C@H]1CCCC1Nc1ncc2cc(-c3c(Cl)c(OC)cc(OC)c3Cl)c(=O)n(CC)c2n1. The van der Waals surface area contributed by atoms with Crippen LogP contribution in [0.25, 0.3) is 22.2 Å². The monoisotopic (exact) mass is 531 g/mol. The largest absolute Gasteiger partial charge is 0.495 e. The first-order valence-electron chi connectivity index (χ1n) is 11.5. The van der Waals surface area contributed by atoms with E-state index in [0.717, 1.165) is 19.3 Å². The summed E-state index contributed by atoms with van der Waals surface area (Å²) >= 11 is 13.2. The van der Waals surface area contributed by atoms with Gasteiger partial charge in [-0.25, -0.2) is 4.98 Å². The Morgan fingerprint density at radius 1 is 1.19 bits per heavy atom. The summed E-state index contributed by atoms with van der Waals surface area (Å²) in [4.78, 5) is 34.5. The summed E-state index contributed by atoms with van der Waals surface area (Å²) in [5.74, 6) is 0.828. The molecule has 0 radical (unpaired) electrons. The summed E-state index contributed by atoms with van der Waals surface area (Å²) in [6.07, 6.45) is 5.57. The van der Waals surface area contributed by atoms with Crippen LogP contribution < -0.4 is 25.7 Å². The molecule has 1 amide bonds. The van der Waals surface area contributed by atoms with Gasteiger partial charge < -0.3 is 20.1 Å². The molecule has 2 aromatic heterocycles. The van der Waals surface area contributed by atoms with Gasteiger partial charge >= 0.3 is 0 Å². The smallest absolute Gasteiger partial charge is 0.260 e. The summed E-state index contributed by atoms with van der Waals surface area (Å²) in [6, 6.07) is 3.15. The van der Waals surface area contributed by atoms with Crippen molar-refractivity contribution >= 4 is 46.1 Å². The van der Waals surface area contributed by atoms with E-state index in [9.17, 15) is 9.59 Å². The van der Waals surface area contributed by atoms with Crippen LogP contribution >= 0.6 is 23.2 Å². The number of nitrogens with one attached hydrogen (secondary N) is 2. The van der Waals surface area contributed by atoms with E-state index in [2.05, 4.69) is 27.2 Å². The molecule has 2 heterocycles. The fourth-order valence-electron chi connectivity index (χ4n) is 4.54. The Morgan fingerprint density at radius 3 is 2.47 bits per heavy atom. The standard InChI is InChI=1S/C25H27Cl2N5O4/c1-5-19(33)29-15-8-7-9-16(15)30-25-28-12-13-10-14(24(34)32(6-2)23(13)31-25)20-21(26)17(35-3)11-18(36-4)22(20)27/h5,10-12,15-16H,1,6-9H2,2-4H3,(H,29,33)(H,28,30,31)/t15-,16?/m0/s1. The van der Waals surface area contributed by atoms with Gasteiger partial charge in [0.25, 0.3) is 5.56 Å². The van der Waals surface area contributed by atoms with E-state index in [1.165, 1.54) is 20.3 Å². The molecular formula is C25H27Cl2N5O4. The number of ether oxygens (including phenoxy) is 2. The third-order valence-electron chi connectivity index (χ3n) is 6.33. The predicted octanol–water partition coefficient (Wildman–Crippen LogP) is 4.44. The van der Waals surface area contributed by atoms with Crippen LogP contribution in [0.4, 0.5) is 5.95 Å². The highest BCUT2D eigenvalue weighted by Gasteiger charge is 2.29. The number of hydrogen-bond acceptors (Lipinski definition) is 7. The van der Waals surface area contributed by atoms with Crippen molar-refractivity contribution in [3.63, 3.8) is 0 Å². The van der Waals surface area contributed by atoms with Crippen LogP contribution in [-0.4, -0.2) is 46.7 Å². The zero-order valence-corrected chi connectivity index (χ0v) is 21.7. The highest BCUT2D eigenvalue weighted by atomic mass is 35.5. The molecule has 3 aromatic rings. The molecule has 1 aliphatic rings. The summed E-state index contributed by atoms with van der Waals surface area (Å²) < 4.78 is 12.3. The molecule has 190 valence electrons. The number of amides is 1. The lowest BCUT2D eigenvalue weighted by Crippen LogP contribution is -2.43. The van der Waals surface area contributed by atoms with Crippen molar-refractivity contribution in [3.05, 3.63) is 51.4 Å². The molecule has 9 nitrogen and oxygen atoms in total. The molecule has 2 atom stereocenters. The maximum atomic E-state index is 13.6. The number of anilines is 1. The van der Waals surface area contributed by atoms with Gasteiger partial charge in [0.05, 0.1) is 29.8 Å². The lowest BCUT2D eigenvalue weighted by atomic mass is 10.0. The molecule has 1 aliphatic carbocycles. The Bertz CT molecular complexity index is 1360. The van der Waals surface area contributed by atoms with E-state index in [-0.39, 0.29) is 39.2 Å². The number of hydrogen-bond donors (Lipinski definition) is 2. The van der Waals surface area contributed by atoms with Gasteiger partial charge in [0, 0.05) is 41.8 Å². The molecule has 11 heteroatoms. The van der Waals surface area contributed by atoms with Gasteiger partial charge in [-0.15, -0.1) is 0 Å². The van der Waals surface area contributed by atoms with Crippen molar-refractivity contribution in [2.24, 2.45) is 0 Å². The first kappa shape index (κ1) is 25.8. The number of aromatic nitrogens is 3. The summed E-state index contributed by atoms with van der Waals surface area (Å²) in [7, 11) is 2.95. The molecule has 1 saturated carbocycles. The van der Waals surface area contributed by atoms with E-state index in [1.54, 1.807) is 22.9 Å². The second-order valence-electron chi connectivity index (χ2n) is 8.36. The number of nitrogens with zero attached hydrogens (tertiary/aromatic N) is 3. The molecule has 0 bridgehead atoms. The number of pyridine rings is 1. The Kier molecular flexibility index (Phi) is 7.70. The van der Waals surface area contributed by atoms with Gasteiger partial charge in [-0.2, -0.15) is 4.98 Å². The third-order valence-corrected chi connectivity index (χ3v) is 7.08. The van der Waals surface area contributed by atoms with Crippen molar-refractivity contribution in [1.82, 2.24) is 19.9 Å². The molecule has 1 unspecified atom stereocenters. The number of fused-ring (bicyclic) bond motifs is 1. The summed E-state index contributed by atoms with van der Waals surface area (Å²) in [5.41, 5.74) is 0.753. The Morgan fingerprint density at radius 2 is 1.86 bits per heavy atom. The predicted molar refractivity (Wildman–Crippen MR) is 141 cm³/mol. The van der Waals surface area contributed by atoms with Crippen molar-refractivity contribution in [3.8, 4) is 22.6 Å². The molecule has 2 N–H and O–H groups in total. The van der Waals surface area contributed by atoms with Crippen molar-refractivity contribution < 1.29 is 14.3 Å². The number of carbonyl (C=O) groups excluding carboxylic acids is 1. The topological polar surface area (TPSA) is 107 Å². The van der Waals surface area contributed by atoms with Crippen LogP contribution in [0.2, 0.25) is 10.0 Å². The highest BCUT2D eigenvalue weighted by molar-refractivity contribution is 6.41. The van der Waals surface area contributed by atoms with Crippen LogP contribution in [-0.2, 0) is 11.3 Å². The minimum absolute atomic E-state index is 0.0331. The zero-order chi connectivity index (χ0) is 26.0. The van der Waals surface area contributed by atoms with Crippen molar-refractivity contribution in [2.75, 3.05) is 19.5 Å². The lowest BCUT2D eigenvalue weighted by Gasteiger charge is -2.22. The lowest BCUT2D eigenvalue weighted by molar-refractivity contribution is -0.117. The number of carbonyl (C=O) groups is 1. The van der Waals surface area contributed by atoms with Crippen LogP contribution in [0.15, 0.2) is 35.8 Å². The average molecular weight is 532 g/mol. The molecule has 36 heavy (non-hydrogen) atoms. The van der Waals surface area contributed by atoms with E-state index in [1.807, 2.05) is 6.92 Å². The van der Waals surface area contributed by atoms with E-state index >= 15 is 0 Å². The normalized spacial score (nSPS) is 17.1. The van der Waals surface area contributed by atoms with Gasteiger partial charge in [0.1, 0.15) is 17.1 Å². The van der Waals surface area contributed by atoms with Crippen LogP contribution in [0.1, 0.15) is 26.2 Å². The fraction of sp³-hybridized carbons (Fsp3) is 0.360. The van der Waals surface area contributed by atoms with Gasteiger partial charge in [0.2, 0.25) is 11.9 Å². The Hall–Kier alpha value is -3.30. The summed E-state index contributed by atoms with van der Waals surface area (Å²) in [5, 5.41) is 7.30. The molecular weight excluding hydrogens is 505 g/mol. The molecule has 0 spiro atoms. The van der Waals surface area contributed by atoms with Crippen molar-refractivity contribution in [2.45, 2.75) is 44.8 Å².